The highest BCUT2D eigenvalue weighted by molar-refractivity contribution is 5.85. The van der Waals surface area contributed by atoms with Crippen molar-refractivity contribution in [2.24, 2.45) is 5.92 Å². The van der Waals surface area contributed by atoms with Gasteiger partial charge < -0.3 is 19.1 Å². The summed E-state index contributed by atoms with van der Waals surface area (Å²) in [6.45, 7) is 5.25. The van der Waals surface area contributed by atoms with E-state index in [1.165, 1.54) is 0 Å². The number of carbonyl (C=O) groups is 1. The van der Waals surface area contributed by atoms with Gasteiger partial charge in [-0.2, -0.15) is 0 Å². The first-order chi connectivity index (χ1) is 11.7. The average Bonchev–Trinajstić information content (AvgIpc) is 3.23. The van der Waals surface area contributed by atoms with E-state index in [0.717, 1.165) is 11.3 Å². The predicted molar refractivity (Wildman–Crippen MR) is 88.6 cm³/mol. The standard InChI is InChI=1S/C19H21NO4/c1-3-10-23-17-15-8-9-19(24-15)12-20(18(21)16(17)19)11-13-4-6-14(22-2)7-5-13/h3-9,15-17H,1,10-12H2,2H3/t15-,16+,17+,19-/m0/s1. The van der Waals surface area contributed by atoms with Crippen LogP contribution >= 0.6 is 0 Å². The van der Waals surface area contributed by atoms with E-state index >= 15 is 0 Å². The second-order valence-electron chi connectivity index (χ2n) is 6.50. The number of amides is 1. The molecule has 5 heteroatoms. The van der Waals surface area contributed by atoms with Crippen molar-refractivity contribution in [3.8, 4) is 5.75 Å². The molecule has 0 aromatic heterocycles. The van der Waals surface area contributed by atoms with Crippen LogP contribution in [0.5, 0.6) is 5.75 Å². The monoisotopic (exact) mass is 327 g/mol. The van der Waals surface area contributed by atoms with Gasteiger partial charge in [-0.25, -0.2) is 0 Å². The van der Waals surface area contributed by atoms with Crippen LogP contribution in [0, 0.1) is 5.92 Å². The van der Waals surface area contributed by atoms with Gasteiger partial charge >= 0.3 is 0 Å². The summed E-state index contributed by atoms with van der Waals surface area (Å²) in [5.74, 6) is 0.655. The normalized spacial score (nSPS) is 33.1. The van der Waals surface area contributed by atoms with E-state index in [4.69, 9.17) is 14.2 Å². The Balaban J connectivity index is 1.52. The average molecular weight is 327 g/mol. The number of hydrogen-bond donors (Lipinski definition) is 0. The highest BCUT2D eigenvalue weighted by Crippen LogP contribution is 2.49. The molecule has 5 nitrogen and oxygen atoms in total. The molecule has 1 aromatic rings. The molecule has 2 saturated heterocycles. The van der Waals surface area contributed by atoms with Gasteiger partial charge in [-0.3, -0.25) is 4.79 Å². The summed E-state index contributed by atoms with van der Waals surface area (Å²) < 4.78 is 17.1. The van der Waals surface area contributed by atoms with E-state index in [2.05, 4.69) is 6.58 Å². The van der Waals surface area contributed by atoms with Gasteiger partial charge in [0, 0.05) is 6.54 Å². The highest BCUT2D eigenvalue weighted by atomic mass is 16.6. The fourth-order valence-corrected chi connectivity index (χ4v) is 3.98. The summed E-state index contributed by atoms with van der Waals surface area (Å²) in [6.07, 6.45) is 5.43. The molecule has 24 heavy (non-hydrogen) atoms. The van der Waals surface area contributed by atoms with E-state index < -0.39 is 5.60 Å². The summed E-state index contributed by atoms with van der Waals surface area (Å²) in [5.41, 5.74) is 0.544. The van der Waals surface area contributed by atoms with Crippen molar-refractivity contribution in [2.75, 3.05) is 20.3 Å². The van der Waals surface area contributed by atoms with Gasteiger partial charge in [0.2, 0.25) is 5.91 Å². The van der Waals surface area contributed by atoms with Gasteiger partial charge in [-0.05, 0) is 17.7 Å². The minimum atomic E-state index is -0.528. The van der Waals surface area contributed by atoms with Crippen LogP contribution in [-0.2, 0) is 20.8 Å². The van der Waals surface area contributed by atoms with Crippen molar-refractivity contribution in [1.29, 1.82) is 0 Å². The number of nitrogens with zero attached hydrogens (tertiary/aromatic N) is 1. The number of carbonyl (C=O) groups excluding carboxylic acids is 1. The number of likely N-dealkylation sites (tertiary alicyclic amines) is 1. The summed E-state index contributed by atoms with van der Waals surface area (Å²) in [4.78, 5) is 14.8. The number of hydrogen-bond acceptors (Lipinski definition) is 4. The third-order valence-electron chi connectivity index (χ3n) is 5.06. The van der Waals surface area contributed by atoms with Crippen molar-refractivity contribution in [3.63, 3.8) is 0 Å². The van der Waals surface area contributed by atoms with E-state index in [-0.39, 0.29) is 24.0 Å². The maximum absolute atomic E-state index is 13.0. The van der Waals surface area contributed by atoms with Crippen molar-refractivity contribution in [1.82, 2.24) is 4.90 Å². The molecular formula is C19H21NO4. The molecular weight excluding hydrogens is 306 g/mol. The zero-order valence-corrected chi connectivity index (χ0v) is 13.7. The highest BCUT2D eigenvalue weighted by Gasteiger charge is 2.65. The van der Waals surface area contributed by atoms with Crippen molar-refractivity contribution < 1.29 is 19.0 Å². The van der Waals surface area contributed by atoms with Crippen molar-refractivity contribution >= 4 is 5.91 Å². The maximum Gasteiger partial charge on any atom is 0.232 e. The molecule has 2 fully saturated rings. The molecule has 0 aliphatic carbocycles. The molecule has 2 bridgehead atoms. The molecule has 0 saturated carbocycles. The second-order valence-corrected chi connectivity index (χ2v) is 6.50. The molecule has 3 heterocycles. The molecule has 0 N–H and O–H groups in total. The Hall–Kier alpha value is -2.11. The van der Waals surface area contributed by atoms with Crippen LogP contribution in [0.25, 0.3) is 0 Å². The minimum absolute atomic E-state index is 0.103. The third-order valence-corrected chi connectivity index (χ3v) is 5.06. The first-order valence-electron chi connectivity index (χ1n) is 8.18. The van der Waals surface area contributed by atoms with Crippen LogP contribution in [0.4, 0.5) is 0 Å². The van der Waals surface area contributed by atoms with Gasteiger partial charge in [0.05, 0.1) is 20.3 Å². The first kappa shape index (κ1) is 15.4. The van der Waals surface area contributed by atoms with Crippen LogP contribution in [0.2, 0.25) is 0 Å². The van der Waals surface area contributed by atoms with Gasteiger partial charge in [0.25, 0.3) is 0 Å². The molecule has 1 spiro atoms. The minimum Gasteiger partial charge on any atom is -0.497 e. The van der Waals surface area contributed by atoms with Crippen molar-refractivity contribution in [2.45, 2.75) is 24.4 Å². The fraction of sp³-hybridized carbons (Fsp3) is 0.421. The molecule has 4 rings (SSSR count). The van der Waals surface area contributed by atoms with E-state index in [9.17, 15) is 4.79 Å². The quantitative estimate of drug-likeness (QED) is 0.749. The molecule has 0 radical (unpaired) electrons. The Labute approximate surface area is 141 Å². The van der Waals surface area contributed by atoms with Gasteiger partial charge in [-0.1, -0.05) is 30.4 Å². The molecule has 0 unspecified atom stereocenters. The first-order valence-corrected chi connectivity index (χ1v) is 8.18. The Morgan fingerprint density at radius 2 is 2.21 bits per heavy atom. The van der Waals surface area contributed by atoms with E-state index in [0.29, 0.717) is 19.7 Å². The largest absolute Gasteiger partial charge is 0.497 e. The Morgan fingerprint density at radius 1 is 1.42 bits per heavy atom. The molecule has 4 atom stereocenters. The number of ether oxygens (including phenoxy) is 3. The molecule has 1 aromatic carbocycles. The van der Waals surface area contributed by atoms with Gasteiger partial charge in [0.15, 0.2) is 0 Å². The Bertz CT molecular complexity index is 683. The zero-order chi connectivity index (χ0) is 16.7. The van der Waals surface area contributed by atoms with Crippen LogP contribution in [0.15, 0.2) is 49.1 Å². The number of benzene rings is 1. The summed E-state index contributed by atoms with van der Waals surface area (Å²) in [6, 6.07) is 7.79. The van der Waals surface area contributed by atoms with Crippen molar-refractivity contribution in [3.05, 3.63) is 54.6 Å². The van der Waals surface area contributed by atoms with E-state index in [1.54, 1.807) is 13.2 Å². The van der Waals surface area contributed by atoms with Crippen LogP contribution in [0.3, 0.4) is 0 Å². The van der Waals surface area contributed by atoms with Crippen LogP contribution in [0.1, 0.15) is 5.56 Å². The lowest BCUT2D eigenvalue weighted by Crippen LogP contribution is -2.40. The lowest BCUT2D eigenvalue weighted by atomic mass is 9.83. The lowest BCUT2D eigenvalue weighted by molar-refractivity contribution is -0.135. The topological polar surface area (TPSA) is 48.0 Å². The van der Waals surface area contributed by atoms with E-state index in [1.807, 2.05) is 41.3 Å². The lowest BCUT2D eigenvalue weighted by Gasteiger charge is -2.23. The predicted octanol–water partition coefficient (Wildman–Crippen LogP) is 1.93. The summed E-state index contributed by atoms with van der Waals surface area (Å²) in [5, 5.41) is 0. The maximum atomic E-state index is 13.0. The third kappa shape index (κ3) is 2.27. The number of fused-ring (bicyclic) bond motifs is 1. The number of rotatable bonds is 6. The SMILES string of the molecule is C=CCO[C@@H]1[C@@H]2C=C[C@@]3(CN(Cc4ccc(OC)cc4)C(=O)[C@@H]13)O2. The molecule has 1 amide bonds. The Morgan fingerprint density at radius 3 is 2.92 bits per heavy atom. The summed E-state index contributed by atoms with van der Waals surface area (Å²) in [7, 11) is 1.64. The molecule has 3 aliphatic rings. The van der Waals surface area contributed by atoms with Gasteiger partial charge in [0.1, 0.15) is 29.5 Å². The number of methoxy groups -OCH3 is 1. The molecule has 126 valence electrons. The summed E-state index contributed by atoms with van der Waals surface area (Å²) >= 11 is 0. The van der Waals surface area contributed by atoms with Crippen LogP contribution < -0.4 is 4.74 Å². The smallest absolute Gasteiger partial charge is 0.232 e. The Kier molecular flexibility index (Phi) is 3.70. The van der Waals surface area contributed by atoms with Gasteiger partial charge in [-0.15, -0.1) is 6.58 Å². The molecule has 3 aliphatic heterocycles. The van der Waals surface area contributed by atoms with Crippen LogP contribution in [-0.4, -0.2) is 48.9 Å². The zero-order valence-electron chi connectivity index (χ0n) is 13.7. The second kappa shape index (κ2) is 5.76. The fourth-order valence-electron chi connectivity index (χ4n) is 3.98.